The van der Waals surface area contributed by atoms with E-state index < -0.39 is 0 Å². The highest BCUT2D eigenvalue weighted by Gasteiger charge is 2.14. The first kappa shape index (κ1) is 16.4. The van der Waals surface area contributed by atoms with Crippen molar-refractivity contribution in [3.63, 3.8) is 0 Å². The Balaban J connectivity index is 2.32. The van der Waals surface area contributed by atoms with Gasteiger partial charge in [0.15, 0.2) is 0 Å². The van der Waals surface area contributed by atoms with Gasteiger partial charge < -0.3 is 10.1 Å². The summed E-state index contributed by atoms with van der Waals surface area (Å²) in [5, 5.41) is 3.54. The molecule has 0 amide bonds. The lowest BCUT2D eigenvalue weighted by Crippen LogP contribution is -2.09. The van der Waals surface area contributed by atoms with Crippen molar-refractivity contribution >= 4 is 37.5 Å². The first-order chi connectivity index (χ1) is 9.92. The highest BCUT2D eigenvalue weighted by molar-refractivity contribution is 9.11. The summed E-state index contributed by atoms with van der Waals surface area (Å²) in [6.07, 6.45) is 0. The molecule has 4 heteroatoms. The van der Waals surface area contributed by atoms with Gasteiger partial charge in [0.1, 0.15) is 5.75 Å². The van der Waals surface area contributed by atoms with E-state index in [2.05, 4.69) is 88.3 Å². The van der Waals surface area contributed by atoms with Crippen molar-refractivity contribution in [3.8, 4) is 5.75 Å². The second-order valence-corrected chi connectivity index (χ2v) is 6.92. The van der Waals surface area contributed by atoms with Crippen LogP contribution in [0.15, 0.2) is 39.3 Å². The van der Waals surface area contributed by atoms with Crippen LogP contribution in [-0.2, 0) is 0 Å². The van der Waals surface area contributed by atoms with Gasteiger partial charge in [-0.1, -0.05) is 12.1 Å². The fraction of sp³-hybridized carbons (Fsp3) is 0.294. The number of nitrogens with one attached hydrogen (secondary N) is 1. The van der Waals surface area contributed by atoms with Gasteiger partial charge in [-0.05, 0) is 82.0 Å². The lowest BCUT2D eigenvalue weighted by Gasteiger charge is -2.21. The summed E-state index contributed by atoms with van der Waals surface area (Å²) in [7, 11) is 1.71. The third-order valence-corrected chi connectivity index (χ3v) is 4.65. The van der Waals surface area contributed by atoms with Gasteiger partial charge in [-0.2, -0.15) is 0 Å². The lowest BCUT2D eigenvalue weighted by molar-refractivity contribution is 0.407. The zero-order valence-corrected chi connectivity index (χ0v) is 15.8. The SMILES string of the molecule is COc1cc(C)ccc1C(C)Nc1c(Br)cc(C)cc1Br. The molecule has 0 aliphatic heterocycles. The predicted molar refractivity (Wildman–Crippen MR) is 96.3 cm³/mol. The summed E-state index contributed by atoms with van der Waals surface area (Å²) in [5.74, 6) is 0.911. The van der Waals surface area contributed by atoms with E-state index in [9.17, 15) is 0 Å². The van der Waals surface area contributed by atoms with Crippen LogP contribution >= 0.6 is 31.9 Å². The van der Waals surface area contributed by atoms with Gasteiger partial charge in [-0.25, -0.2) is 0 Å². The number of methoxy groups -OCH3 is 1. The first-order valence-corrected chi connectivity index (χ1v) is 8.37. The molecule has 0 saturated carbocycles. The van der Waals surface area contributed by atoms with Crippen LogP contribution in [0.4, 0.5) is 5.69 Å². The van der Waals surface area contributed by atoms with Crippen molar-refractivity contribution in [2.45, 2.75) is 26.8 Å². The molecular weight excluding hydrogens is 394 g/mol. The minimum atomic E-state index is 0.135. The number of ether oxygens (including phenoxy) is 1. The fourth-order valence-electron chi connectivity index (χ4n) is 2.31. The van der Waals surface area contributed by atoms with E-state index >= 15 is 0 Å². The van der Waals surface area contributed by atoms with E-state index in [1.165, 1.54) is 11.1 Å². The van der Waals surface area contributed by atoms with Crippen molar-refractivity contribution in [2.75, 3.05) is 12.4 Å². The molecular formula is C17H19Br2NO. The Morgan fingerprint density at radius 1 is 1.00 bits per heavy atom. The molecule has 0 radical (unpaired) electrons. The molecule has 1 N–H and O–H groups in total. The van der Waals surface area contributed by atoms with Gasteiger partial charge in [0.05, 0.1) is 18.8 Å². The van der Waals surface area contributed by atoms with Crippen LogP contribution in [0.2, 0.25) is 0 Å². The topological polar surface area (TPSA) is 21.3 Å². The molecule has 0 saturated heterocycles. The molecule has 21 heavy (non-hydrogen) atoms. The molecule has 2 nitrogen and oxygen atoms in total. The summed E-state index contributed by atoms with van der Waals surface area (Å²) in [6, 6.07) is 10.6. The van der Waals surface area contributed by atoms with Crippen LogP contribution in [-0.4, -0.2) is 7.11 Å². The van der Waals surface area contributed by atoms with Crippen LogP contribution < -0.4 is 10.1 Å². The third-order valence-electron chi connectivity index (χ3n) is 3.40. The van der Waals surface area contributed by atoms with Crippen LogP contribution in [0.1, 0.15) is 29.7 Å². The maximum Gasteiger partial charge on any atom is 0.124 e. The van der Waals surface area contributed by atoms with Crippen molar-refractivity contribution in [1.29, 1.82) is 0 Å². The Labute approximate surface area is 143 Å². The molecule has 112 valence electrons. The first-order valence-electron chi connectivity index (χ1n) is 6.79. The summed E-state index contributed by atoms with van der Waals surface area (Å²) in [5.41, 5.74) is 4.60. The highest BCUT2D eigenvalue weighted by Crippen LogP contribution is 2.36. The Bertz CT molecular complexity index is 632. The molecule has 0 fully saturated rings. The predicted octanol–water partition coefficient (Wildman–Crippen LogP) is 6.01. The average Bonchev–Trinajstić information content (AvgIpc) is 2.42. The molecule has 0 aliphatic rings. The molecule has 0 aromatic heterocycles. The summed E-state index contributed by atoms with van der Waals surface area (Å²) in [4.78, 5) is 0. The van der Waals surface area contributed by atoms with E-state index in [0.717, 1.165) is 25.9 Å². The largest absolute Gasteiger partial charge is 0.496 e. The monoisotopic (exact) mass is 411 g/mol. The number of aryl methyl sites for hydroxylation is 2. The van der Waals surface area contributed by atoms with Crippen LogP contribution in [0, 0.1) is 13.8 Å². The van der Waals surface area contributed by atoms with E-state index in [1.54, 1.807) is 7.11 Å². The van der Waals surface area contributed by atoms with E-state index in [4.69, 9.17) is 4.74 Å². The zero-order chi connectivity index (χ0) is 15.6. The third kappa shape index (κ3) is 3.80. The average molecular weight is 413 g/mol. The van der Waals surface area contributed by atoms with Crippen molar-refractivity contribution < 1.29 is 4.74 Å². The molecule has 0 spiro atoms. The normalized spacial score (nSPS) is 12.1. The molecule has 0 aliphatic carbocycles. The van der Waals surface area contributed by atoms with E-state index in [1.807, 2.05) is 0 Å². The molecule has 0 heterocycles. The Hall–Kier alpha value is -1.000. The Morgan fingerprint density at radius 3 is 2.19 bits per heavy atom. The summed E-state index contributed by atoms with van der Waals surface area (Å²) >= 11 is 7.24. The standard InChI is InChI=1S/C17H19Br2NO/c1-10-5-6-13(16(9-10)21-4)12(3)20-17-14(18)7-11(2)8-15(17)19/h5-9,12,20H,1-4H3. The number of hydrogen-bond acceptors (Lipinski definition) is 2. The van der Waals surface area contributed by atoms with Gasteiger partial charge in [-0.15, -0.1) is 0 Å². The lowest BCUT2D eigenvalue weighted by atomic mass is 10.0. The number of hydrogen-bond donors (Lipinski definition) is 1. The maximum absolute atomic E-state index is 5.50. The van der Waals surface area contributed by atoms with E-state index in [-0.39, 0.29) is 6.04 Å². The molecule has 2 aromatic carbocycles. The van der Waals surface area contributed by atoms with Crippen molar-refractivity contribution in [1.82, 2.24) is 0 Å². The van der Waals surface area contributed by atoms with Gasteiger partial charge in [0, 0.05) is 14.5 Å². The van der Waals surface area contributed by atoms with Gasteiger partial charge in [0.25, 0.3) is 0 Å². The van der Waals surface area contributed by atoms with Gasteiger partial charge in [0.2, 0.25) is 0 Å². The number of rotatable bonds is 4. The molecule has 2 rings (SSSR count). The number of benzene rings is 2. The molecule has 1 atom stereocenters. The summed E-state index contributed by atoms with van der Waals surface area (Å²) < 4.78 is 7.60. The highest BCUT2D eigenvalue weighted by atomic mass is 79.9. The van der Waals surface area contributed by atoms with Crippen LogP contribution in [0.5, 0.6) is 5.75 Å². The zero-order valence-electron chi connectivity index (χ0n) is 12.6. The van der Waals surface area contributed by atoms with Crippen LogP contribution in [0.25, 0.3) is 0 Å². The minimum Gasteiger partial charge on any atom is -0.496 e. The number of anilines is 1. The minimum absolute atomic E-state index is 0.135. The maximum atomic E-state index is 5.50. The molecule has 2 aromatic rings. The quantitative estimate of drug-likeness (QED) is 0.663. The van der Waals surface area contributed by atoms with Crippen molar-refractivity contribution in [2.24, 2.45) is 0 Å². The second kappa shape index (κ2) is 6.84. The Morgan fingerprint density at radius 2 is 1.62 bits per heavy atom. The van der Waals surface area contributed by atoms with Crippen molar-refractivity contribution in [3.05, 3.63) is 56.0 Å². The van der Waals surface area contributed by atoms with Gasteiger partial charge in [-0.3, -0.25) is 0 Å². The molecule has 1 unspecified atom stereocenters. The Kier molecular flexibility index (Phi) is 5.33. The van der Waals surface area contributed by atoms with E-state index in [0.29, 0.717) is 0 Å². The van der Waals surface area contributed by atoms with Crippen LogP contribution in [0.3, 0.4) is 0 Å². The second-order valence-electron chi connectivity index (χ2n) is 5.21. The number of halogens is 2. The molecule has 0 bridgehead atoms. The smallest absolute Gasteiger partial charge is 0.124 e. The fourth-order valence-corrected chi connectivity index (χ4v) is 3.95. The van der Waals surface area contributed by atoms with Gasteiger partial charge >= 0.3 is 0 Å². The summed E-state index contributed by atoms with van der Waals surface area (Å²) in [6.45, 7) is 6.27.